The third-order valence-corrected chi connectivity index (χ3v) is 0.787. The Morgan fingerprint density at radius 3 is 1.23 bits per heavy atom. The first-order chi connectivity index (χ1) is 5.91. The lowest BCUT2D eigenvalue weighted by molar-refractivity contribution is -0.144. The fraction of sp³-hybridized carbons (Fsp3) is 0.500. The van der Waals surface area contributed by atoms with E-state index in [1.165, 1.54) is 0 Å². The predicted octanol–water partition coefficient (Wildman–Crippen LogP) is -0.227. The van der Waals surface area contributed by atoms with Crippen LogP contribution in [0.5, 0.6) is 0 Å². The van der Waals surface area contributed by atoms with Crippen LogP contribution >= 0.6 is 0 Å². The lowest BCUT2D eigenvalue weighted by atomic mass is 10.2. The van der Waals surface area contributed by atoms with Gasteiger partial charge in [0.2, 0.25) is 0 Å². The topological polar surface area (TPSA) is 78.9 Å². The minimum Gasteiger partial charge on any atom is -0.642 e. The van der Waals surface area contributed by atoms with Gasteiger partial charge in [-0.1, -0.05) is 0 Å². The second-order valence-corrected chi connectivity index (χ2v) is 2.12. The molecule has 0 saturated carbocycles. The van der Waals surface area contributed by atoms with Gasteiger partial charge in [0, 0.05) is 20.8 Å². The average Bonchev–Trinajstić information content (AvgIpc) is 1.80. The van der Waals surface area contributed by atoms with Crippen LogP contribution in [0.1, 0.15) is 22.2 Å². The normalized spacial score (nSPS) is 9.23. The molecule has 1 radical (unpaired) electrons. The van der Waals surface area contributed by atoms with Crippen molar-refractivity contribution in [3.8, 4) is 0 Å². The highest BCUT2D eigenvalue weighted by Gasteiger charge is 2.12. The summed E-state index contributed by atoms with van der Waals surface area (Å²) in [6, 6.07) is 0. The standard InChI is InChI=1S/C6H9BO6/c1-4(8)11-7(12-5(2)9)13-6(3)10/h1-3H3/q-1/p+1. The number of carbonyl (C=O) groups excluding carboxylic acids is 3. The van der Waals surface area contributed by atoms with Crippen LogP contribution in [0.4, 0.5) is 0 Å². The van der Waals surface area contributed by atoms with E-state index >= 15 is 0 Å². The number of carbonyl (C=O) groups is 3. The predicted molar refractivity (Wildman–Crippen MR) is 42.2 cm³/mol. The molecule has 0 unspecified atom stereocenters. The van der Waals surface area contributed by atoms with Crippen molar-refractivity contribution in [3.05, 3.63) is 0 Å². The van der Waals surface area contributed by atoms with Crippen molar-refractivity contribution in [1.82, 2.24) is 0 Å². The van der Waals surface area contributed by atoms with E-state index in [9.17, 15) is 14.4 Å². The van der Waals surface area contributed by atoms with Gasteiger partial charge in [0.15, 0.2) is 0 Å². The van der Waals surface area contributed by atoms with E-state index in [0.717, 1.165) is 20.8 Å². The number of hydrogen-bond acceptors (Lipinski definition) is 6. The Morgan fingerprint density at radius 2 is 1.08 bits per heavy atom. The molecule has 0 aliphatic rings. The zero-order chi connectivity index (χ0) is 10.4. The van der Waals surface area contributed by atoms with Crippen LogP contribution in [0.3, 0.4) is 0 Å². The molecule has 0 aromatic rings. The highest BCUT2D eigenvalue weighted by Crippen LogP contribution is 1.94. The van der Waals surface area contributed by atoms with Gasteiger partial charge in [0.1, 0.15) is 0 Å². The molecule has 6 nitrogen and oxygen atoms in total. The number of hydrogen-bond donors (Lipinski definition) is 0. The molecule has 0 atom stereocenters. The molecule has 0 aliphatic heterocycles. The van der Waals surface area contributed by atoms with Gasteiger partial charge >= 0.3 is 8.75 Å². The second-order valence-electron chi connectivity index (χ2n) is 2.12. The highest BCUT2D eigenvalue weighted by atomic mass is 16.8. The SMILES string of the molecule is CC(=O)O[B-](OC(C)=O)OC(C)=O.[H+]. The van der Waals surface area contributed by atoms with Gasteiger partial charge in [-0.2, -0.15) is 0 Å². The maximum Gasteiger partial charge on any atom is 1.00 e. The minimum atomic E-state index is -1.59. The molecule has 7 heteroatoms. The van der Waals surface area contributed by atoms with E-state index in [2.05, 4.69) is 14.0 Å². The molecule has 0 spiro atoms. The molecule has 0 fully saturated rings. The van der Waals surface area contributed by atoms with Crippen molar-refractivity contribution < 1.29 is 29.8 Å². The molecule has 13 heavy (non-hydrogen) atoms. The summed E-state index contributed by atoms with van der Waals surface area (Å²) in [4.78, 5) is 31.2. The van der Waals surface area contributed by atoms with Crippen LogP contribution < -0.4 is 0 Å². The fourth-order valence-corrected chi connectivity index (χ4v) is 0.479. The monoisotopic (exact) mass is 189 g/mol. The number of rotatable bonds is 3. The van der Waals surface area contributed by atoms with Gasteiger partial charge in [-0.15, -0.1) is 0 Å². The summed E-state index contributed by atoms with van der Waals surface area (Å²) in [5, 5.41) is 0. The molecule has 0 aromatic carbocycles. The van der Waals surface area contributed by atoms with Crippen LogP contribution in [0, 0.1) is 0 Å². The summed E-state index contributed by atoms with van der Waals surface area (Å²) in [7, 11) is -1.59. The first-order valence-corrected chi connectivity index (χ1v) is 3.43. The van der Waals surface area contributed by atoms with Crippen LogP contribution in [0.25, 0.3) is 0 Å². The Labute approximate surface area is 76.8 Å². The van der Waals surface area contributed by atoms with E-state index in [-0.39, 0.29) is 1.43 Å². The second kappa shape index (κ2) is 5.18. The lowest BCUT2D eigenvalue weighted by Crippen LogP contribution is -2.32. The summed E-state index contributed by atoms with van der Waals surface area (Å²) in [5.41, 5.74) is 0. The van der Waals surface area contributed by atoms with Crippen molar-refractivity contribution in [2.75, 3.05) is 0 Å². The smallest absolute Gasteiger partial charge is 0.642 e. The molecule has 0 amide bonds. The molecule has 73 valence electrons. The molecular weight excluding hydrogens is 179 g/mol. The molecule has 0 aliphatic carbocycles. The minimum absolute atomic E-state index is 0. The van der Waals surface area contributed by atoms with Crippen LogP contribution in [-0.2, 0) is 28.3 Å². The van der Waals surface area contributed by atoms with Gasteiger partial charge < -0.3 is 14.0 Å². The molecule has 0 saturated heterocycles. The zero-order valence-corrected chi connectivity index (χ0v) is 7.53. The first-order valence-electron chi connectivity index (χ1n) is 3.43. The summed E-state index contributed by atoms with van der Waals surface area (Å²) >= 11 is 0. The maximum atomic E-state index is 10.4. The third-order valence-electron chi connectivity index (χ3n) is 0.787. The summed E-state index contributed by atoms with van der Waals surface area (Å²) < 4.78 is 13.0. The van der Waals surface area contributed by atoms with Gasteiger partial charge in [-0.3, -0.25) is 14.4 Å². The van der Waals surface area contributed by atoms with Crippen molar-refractivity contribution in [2.45, 2.75) is 20.8 Å². The third kappa shape index (κ3) is 6.86. The van der Waals surface area contributed by atoms with Crippen LogP contribution in [-0.4, -0.2) is 25.2 Å². The van der Waals surface area contributed by atoms with E-state index in [0.29, 0.717) is 0 Å². The Balaban J connectivity index is 0. The summed E-state index contributed by atoms with van der Waals surface area (Å²) in [6.07, 6.45) is 0. The van der Waals surface area contributed by atoms with Crippen molar-refractivity contribution in [3.63, 3.8) is 0 Å². The quantitative estimate of drug-likeness (QED) is 0.570. The van der Waals surface area contributed by atoms with Crippen LogP contribution in [0.15, 0.2) is 0 Å². The van der Waals surface area contributed by atoms with E-state index in [1.54, 1.807) is 0 Å². The Bertz CT molecular complexity index is 192. The van der Waals surface area contributed by atoms with Gasteiger partial charge in [-0.05, 0) is 0 Å². The Hall–Kier alpha value is -1.53. The fourth-order valence-electron chi connectivity index (χ4n) is 0.479. The molecule has 0 bridgehead atoms. The average molecular weight is 189 g/mol. The molecule has 0 heterocycles. The largest absolute Gasteiger partial charge is 1.00 e. The van der Waals surface area contributed by atoms with Crippen LogP contribution in [0.2, 0.25) is 0 Å². The lowest BCUT2D eigenvalue weighted by Gasteiger charge is -2.26. The zero-order valence-electron chi connectivity index (χ0n) is 8.53. The summed E-state index contributed by atoms with van der Waals surface area (Å²) in [5.74, 6) is -2.15. The van der Waals surface area contributed by atoms with E-state index in [4.69, 9.17) is 0 Å². The van der Waals surface area contributed by atoms with Gasteiger partial charge in [0.05, 0.1) is 0 Å². The molecule has 0 rings (SSSR count). The van der Waals surface area contributed by atoms with Gasteiger partial charge in [0.25, 0.3) is 17.9 Å². The highest BCUT2D eigenvalue weighted by molar-refractivity contribution is 6.43. The van der Waals surface area contributed by atoms with Crippen molar-refractivity contribution >= 4 is 25.2 Å². The molecular formula is C6H10BO6. The molecule has 0 aromatic heterocycles. The van der Waals surface area contributed by atoms with Crippen molar-refractivity contribution in [1.29, 1.82) is 0 Å². The van der Waals surface area contributed by atoms with E-state index < -0.39 is 25.2 Å². The first kappa shape index (κ1) is 11.5. The summed E-state index contributed by atoms with van der Waals surface area (Å²) in [6.45, 7) is 3.29. The Kier molecular flexibility index (Phi) is 4.57. The maximum absolute atomic E-state index is 10.4. The Morgan fingerprint density at radius 1 is 0.846 bits per heavy atom. The van der Waals surface area contributed by atoms with Gasteiger partial charge in [-0.25, -0.2) is 0 Å². The van der Waals surface area contributed by atoms with Crippen molar-refractivity contribution in [2.24, 2.45) is 0 Å². The molecule has 0 N–H and O–H groups in total. The van der Waals surface area contributed by atoms with E-state index in [1.807, 2.05) is 0 Å².